The molecule has 0 aromatic heterocycles. The largest absolute Gasteiger partial charge is 0.444 e. The molecule has 1 unspecified atom stereocenters. The molecule has 0 aromatic carbocycles. The number of ether oxygens (including phenoxy) is 3. The Hall–Kier alpha value is -1.34. The van der Waals surface area contributed by atoms with Gasteiger partial charge in [0.15, 0.2) is 0 Å². The second kappa shape index (κ2) is 33.6. The van der Waals surface area contributed by atoms with Gasteiger partial charge in [-0.2, -0.15) is 0 Å². The molecular formula is C39H78N2O5. The van der Waals surface area contributed by atoms with Crippen molar-refractivity contribution in [2.24, 2.45) is 0 Å². The molecule has 0 aromatic rings. The number of rotatable bonds is 34. The molecule has 0 saturated carbocycles. The number of carbonyl (C=O) groups excluding carboxylic acids is 2. The van der Waals surface area contributed by atoms with Crippen LogP contribution in [0.3, 0.4) is 0 Å². The topological polar surface area (TPSA) is 85.9 Å². The highest BCUT2D eigenvalue weighted by Gasteiger charge is 2.16. The van der Waals surface area contributed by atoms with E-state index < -0.39 is 11.7 Å². The van der Waals surface area contributed by atoms with Crippen molar-refractivity contribution in [3.05, 3.63) is 0 Å². The third-order valence-corrected chi connectivity index (χ3v) is 8.34. The van der Waals surface area contributed by atoms with Crippen LogP contribution in [0.4, 0.5) is 4.79 Å². The Morgan fingerprint density at radius 3 is 1.41 bits per heavy atom. The van der Waals surface area contributed by atoms with Gasteiger partial charge >= 0.3 is 6.09 Å². The molecule has 0 rings (SSSR count). The Labute approximate surface area is 285 Å². The van der Waals surface area contributed by atoms with Crippen LogP contribution in [0.1, 0.15) is 195 Å². The average Bonchev–Trinajstić information content (AvgIpc) is 3.00. The van der Waals surface area contributed by atoms with E-state index in [1.54, 1.807) is 0 Å². The molecule has 7 heteroatoms. The van der Waals surface area contributed by atoms with Gasteiger partial charge in [0.25, 0.3) is 0 Å². The summed E-state index contributed by atoms with van der Waals surface area (Å²) in [7, 11) is 0. The van der Waals surface area contributed by atoms with Crippen molar-refractivity contribution >= 4 is 12.0 Å². The maximum absolute atomic E-state index is 12.4. The summed E-state index contributed by atoms with van der Waals surface area (Å²) < 4.78 is 17.4. The Morgan fingerprint density at radius 2 is 0.978 bits per heavy atom. The molecular weight excluding hydrogens is 576 g/mol. The Bertz CT molecular complexity index is 667. The molecule has 0 saturated heterocycles. The zero-order chi connectivity index (χ0) is 34.0. The van der Waals surface area contributed by atoms with Crippen LogP contribution in [0, 0.1) is 0 Å². The van der Waals surface area contributed by atoms with Crippen molar-refractivity contribution in [2.45, 2.75) is 207 Å². The van der Waals surface area contributed by atoms with Gasteiger partial charge in [0.2, 0.25) is 5.91 Å². The van der Waals surface area contributed by atoms with Gasteiger partial charge in [-0.15, -0.1) is 0 Å². The molecule has 0 fully saturated rings. The summed E-state index contributed by atoms with van der Waals surface area (Å²) in [4.78, 5) is 24.2. The highest BCUT2D eigenvalue weighted by atomic mass is 16.6. The predicted molar refractivity (Wildman–Crippen MR) is 195 cm³/mol. The van der Waals surface area contributed by atoms with Crippen molar-refractivity contribution in [1.29, 1.82) is 0 Å². The zero-order valence-corrected chi connectivity index (χ0v) is 31.3. The minimum atomic E-state index is -0.558. The van der Waals surface area contributed by atoms with Gasteiger partial charge in [-0.3, -0.25) is 4.79 Å². The monoisotopic (exact) mass is 655 g/mol. The minimum Gasteiger partial charge on any atom is -0.444 e. The standard InChI is InChI=1S/C39H78N2O5/c1-6-8-10-12-14-16-18-20-22-24-26-28-32-44-35-36(34-41-37(42)30-31-40-38(43)46-39(3,4)5)45-33-29-27-25-23-21-19-17-15-13-11-9-7-2/h36H,6-35H2,1-5H3,(H,40,43)(H,41,42). The van der Waals surface area contributed by atoms with Crippen molar-refractivity contribution in [1.82, 2.24) is 10.6 Å². The highest BCUT2D eigenvalue weighted by Crippen LogP contribution is 2.14. The lowest BCUT2D eigenvalue weighted by Crippen LogP contribution is -2.39. The number of nitrogens with one attached hydrogen (secondary N) is 2. The maximum Gasteiger partial charge on any atom is 0.407 e. The number of unbranched alkanes of at least 4 members (excludes halogenated alkanes) is 22. The van der Waals surface area contributed by atoms with Crippen molar-refractivity contribution in [2.75, 3.05) is 32.9 Å². The van der Waals surface area contributed by atoms with Crippen molar-refractivity contribution in [3.8, 4) is 0 Å². The van der Waals surface area contributed by atoms with Crippen LogP contribution in [0.5, 0.6) is 0 Å². The van der Waals surface area contributed by atoms with E-state index in [-0.39, 0.29) is 25.0 Å². The Balaban J connectivity index is 4.14. The van der Waals surface area contributed by atoms with Gasteiger partial charge in [-0.25, -0.2) is 4.79 Å². The molecule has 0 aliphatic rings. The van der Waals surface area contributed by atoms with Crippen LogP contribution in [0.2, 0.25) is 0 Å². The summed E-state index contributed by atoms with van der Waals surface area (Å²) in [5.41, 5.74) is -0.558. The molecule has 274 valence electrons. The highest BCUT2D eigenvalue weighted by molar-refractivity contribution is 5.77. The van der Waals surface area contributed by atoms with Crippen molar-refractivity contribution < 1.29 is 23.8 Å². The van der Waals surface area contributed by atoms with Crippen LogP contribution in [-0.2, 0) is 19.0 Å². The lowest BCUT2D eigenvalue weighted by molar-refractivity contribution is -0.122. The van der Waals surface area contributed by atoms with Crippen LogP contribution in [-0.4, -0.2) is 56.6 Å². The summed E-state index contributed by atoms with van der Waals surface area (Å²) in [5, 5.41) is 5.61. The number of alkyl carbamates (subject to hydrolysis) is 1. The van der Waals surface area contributed by atoms with Crippen molar-refractivity contribution in [3.63, 3.8) is 0 Å². The fourth-order valence-corrected chi connectivity index (χ4v) is 5.53. The number of carbonyl (C=O) groups is 2. The summed E-state index contributed by atoms with van der Waals surface area (Å²) in [6.07, 6.45) is 31.3. The van der Waals surface area contributed by atoms with Gasteiger partial charge in [-0.1, -0.05) is 155 Å². The number of hydrogen-bond donors (Lipinski definition) is 2. The van der Waals surface area contributed by atoms with Gasteiger partial charge in [0.05, 0.1) is 12.7 Å². The van der Waals surface area contributed by atoms with E-state index in [9.17, 15) is 9.59 Å². The molecule has 0 aliphatic heterocycles. The lowest BCUT2D eigenvalue weighted by atomic mass is 10.1. The first-order chi connectivity index (χ1) is 22.3. The molecule has 0 spiro atoms. The summed E-state index contributed by atoms with van der Waals surface area (Å²) >= 11 is 0. The third-order valence-electron chi connectivity index (χ3n) is 8.34. The van der Waals surface area contributed by atoms with Crippen LogP contribution < -0.4 is 10.6 Å². The molecule has 0 aliphatic carbocycles. The molecule has 2 amide bonds. The van der Waals surface area contributed by atoms with Gasteiger partial charge in [0, 0.05) is 32.7 Å². The second-order valence-corrected chi connectivity index (χ2v) is 14.3. The molecule has 2 N–H and O–H groups in total. The quantitative estimate of drug-likeness (QED) is 0.0674. The smallest absolute Gasteiger partial charge is 0.407 e. The van der Waals surface area contributed by atoms with E-state index in [4.69, 9.17) is 14.2 Å². The maximum atomic E-state index is 12.4. The SMILES string of the molecule is CCCCCCCCCCCCCCOCC(CNC(=O)CCNC(=O)OC(C)(C)C)OCCCCCCCCCCCCCC. The zero-order valence-electron chi connectivity index (χ0n) is 31.3. The summed E-state index contributed by atoms with van der Waals surface area (Å²) in [6.45, 7) is 12.6. The molecule has 7 nitrogen and oxygen atoms in total. The molecule has 0 heterocycles. The van der Waals surface area contributed by atoms with E-state index >= 15 is 0 Å². The first-order valence-electron chi connectivity index (χ1n) is 19.7. The average molecular weight is 655 g/mol. The predicted octanol–water partition coefficient (Wildman–Crippen LogP) is 10.8. The van der Waals surface area contributed by atoms with Crippen LogP contribution in [0.15, 0.2) is 0 Å². The lowest BCUT2D eigenvalue weighted by Gasteiger charge is -2.20. The van der Waals surface area contributed by atoms with E-state index in [1.165, 1.54) is 141 Å². The van der Waals surface area contributed by atoms with Crippen LogP contribution >= 0.6 is 0 Å². The van der Waals surface area contributed by atoms with E-state index in [2.05, 4.69) is 24.5 Å². The fourth-order valence-electron chi connectivity index (χ4n) is 5.53. The Kier molecular flexibility index (Phi) is 32.6. The van der Waals surface area contributed by atoms with E-state index in [0.29, 0.717) is 19.8 Å². The first kappa shape index (κ1) is 44.7. The molecule has 46 heavy (non-hydrogen) atoms. The van der Waals surface area contributed by atoms with Gasteiger partial charge < -0.3 is 24.8 Å². The van der Waals surface area contributed by atoms with Gasteiger partial charge in [-0.05, 0) is 33.6 Å². The molecule has 0 bridgehead atoms. The number of hydrogen-bond acceptors (Lipinski definition) is 5. The Morgan fingerprint density at radius 1 is 0.565 bits per heavy atom. The molecule has 0 radical (unpaired) electrons. The normalized spacial score (nSPS) is 12.3. The van der Waals surface area contributed by atoms with E-state index in [0.717, 1.165) is 19.4 Å². The number of amides is 2. The first-order valence-corrected chi connectivity index (χ1v) is 19.7. The van der Waals surface area contributed by atoms with Gasteiger partial charge in [0.1, 0.15) is 5.60 Å². The molecule has 1 atom stereocenters. The minimum absolute atomic E-state index is 0.115. The fraction of sp³-hybridized carbons (Fsp3) is 0.949. The third kappa shape index (κ3) is 35.5. The second-order valence-electron chi connectivity index (χ2n) is 14.3. The summed E-state index contributed by atoms with van der Waals surface area (Å²) in [6, 6.07) is 0. The summed E-state index contributed by atoms with van der Waals surface area (Å²) in [5.74, 6) is -0.115. The van der Waals surface area contributed by atoms with E-state index in [1.807, 2.05) is 20.8 Å². The van der Waals surface area contributed by atoms with Crippen LogP contribution in [0.25, 0.3) is 0 Å².